The Kier molecular flexibility index (Phi) is 6.60. The predicted molar refractivity (Wildman–Crippen MR) is 64.8 cm³/mol. The fraction of sp³-hybridized carbons (Fsp3) is 0. The molecule has 0 saturated heterocycles. The smallest absolute Gasteiger partial charge is 0.0361 e. The molecule has 72 valence electrons. The van der Waals surface area contributed by atoms with E-state index in [1.165, 1.54) is 12.4 Å². The molecule has 2 nitrogen and oxygen atoms in total. The first-order valence-corrected chi connectivity index (χ1v) is 4.07. The lowest BCUT2D eigenvalue weighted by molar-refractivity contribution is 1.57. The van der Waals surface area contributed by atoms with Gasteiger partial charge in [-0.05, 0) is 5.57 Å². The molecule has 0 N–H and O–H groups in total. The van der Waals surface area contributed by atoms with E-state index in [-0.39, 0.29) is 0 Å². The van der Waals surface area contributed by atoms with Crippen LogP contribution >= 0.6 is 0 Å². The van der Waals surface area contributed by atoms with Crippen molar-refractivity contribution in [3.05, 3.63) is 62.0 Å². The second-order valence-corrected chi connectivity index (χ2v) is 2.24. The van der Waals surface area contributed by atoms with Crippen molar-refractivity contribution < 1.29 is 0 Å². The third-order valence-electron chi connectivity index (χ3n) is 1.41. The third-order valence-corrected chi connectivity index (χ3v) is 1.41. The van der Waals surface area contributed by atoms with Crippen LogP contribution in [0.2, 0.25) is 0 Å². The third kappa shape index (κ3) is 4.16. The van der Waals surface area contributed by atoms with E-state index in [1.54, 1.807) is 24.6 Å². The number of hydrogen-bond donors (Lipinski definition) is 0. The number of hydrogen-bond acceptors (Lipinski definition) is 2. The minimum absolute atomic E-state index is 0.815. The molecule has 0 unspecified atom stereocenters. The Hall–Kier alpha value is -1.96. The van der Waals surface area contributed by atoms with Gasteiger partial charge in [0.05, 0.1) is 0 Å². The molecule has 0 aromatic rings. The van der Waals surface area contributed by atoms with Crippen molar-refractivity contribution in [2.24, 2.45) is 9.98 Å². The second-order valence-electron chi connectivity index (χ2n) is 2.24. The largest absolute Gasteiger partial charge is 0.265 e. The van der Waals surface area contributed by atoms with Gasteiger partial charge in [0.25, 0.3) is 0 Å². The molecule has 0 rings (SSSR count). The lowest BCUT2D eigenvalue weighted by Gasteiger charge is -1.96. The van der Waals surface area contributed by atoms with Crippen molar-refractivity contribution in [2.75, 3.05) is 0 Å². The molecular formula is C12H14N2. The number of nitrogens with zero attached hydrogens (tertiary/aromatic N) is 2. The molecule has 0 spiro atoms. The average molecular weight is 186 g/mol. The monoisotopic (exact) mass is 186 g/mol. The molecule has 0 aromatic heterocycles. The van der Waals surface area contributed by atoms with Gasteiger partial charge in [-0.15, -0.1) is 0 Å². The molecular weight excluding hydrogens is 172 g/mol. The zero-order valence-corrected chi connectivity index (χ0v) is 8.19. The highest BCUT2D eigenvalue weighted by Crippen LogP contribution is 2.03. The van der Waals surface area contributed by atoms with Crippen molar-refractivity contribution in [1.29, 1.82) is 0 Å². The molecule has 0 bridgehead atoms. The molecule has 0 atom stereocenters. The molecule has 0 saturated carbocycles. The Bertz CT molecular complexity index is 287. The van der Waals surface area contributed by atoms with E-state index in [2.05, 4.69) is 36.3 Å². The maximum atomic E-state index is 3.90. The summed E-state index contributed by atoms with van der Waals surface area (Å²) in [5, 5.41) is 0. The van der Waals surface area contributed by atoms with E-state index in [4.69, 9.17) is 0 Å². The first-order valence-electron chi connectivity index (χ1n) is 4.07. The molecule has 14 heavy (non-hydrogen) atoms. The number of allylic oxidation sites excluding steroid dienone is 4. The highest BCUT2D eigenvalue weighted by atomic mass is 14.7. The van der Waals surface area contributed by atoms with Crippen LogP contribution in [-0.4, -0.2) is 12.4 Å². The number of rotatable bonds is 6. The summed E-state index contributed by atoms with van der Waals surface area (Å²) in [6, 6.07) is 0. The Morgan fingerprint density at radius 2 is 1.14 bits per heavy atom. The Morgan fingerprint density at radius 1 is 0.714 bits per heavy atom. The van der Waals surface area contributed by atoms with Crippen LogP contribution in [0, 0.1) is 0 Å². The average Bonchev–Trinajstić information content (AvgIpc) is 2.22. The lowest BCUT2D eigenvalue weighted by atomic mass is 10.1. The summed E-state index contributed by atoms with van der Waals surface area (Å²) in [4.78, 5) is 7.80. The summed E-state index contributed by atoms with van der Waals surface area (Å²) in [7, 11) is 0. The fourth-order valence-corrected chi connectivity index (χ4v) is 0.767. The van der Waals surface area contributed by atoms with E-state index >= 15 is 0 Å². The minimum atomic E-state index is 0.815. The minimum Gasteiger partial charge on any atom is -0.265 e. The van der Waals surface area contributed by atoms with Gasteiger partial charge in [0, 0.05) is 30.4 Å². The molecule has 0 heterocycles. The van der Waals surface area contributed by atoms with Crippen molar-refractivity contribution in [3.63, 3.8) is 0 Å². The lowest BCUT2D eigenvalue weighted by Crippen LogP contribution is -1.90. The van der Waals surface area contributed by atoms with E-state index < -0.39 is 0 Å². The van der Waals surface area contributed by atoms with Crippen molar-refractivity contribution >= 4 is 12.4 Å². The van der Waals surface area contributed by atoms with Crippen LogP contribution in [0.3, 0.4) is 0 Å². The van der Waals surface area contributed by atoms with Gasteiger partial charge in [0.2, 0.25) is 0 Å². The van der Waals surface area contributed by atoms with Crippen molar-refractivity contribution in [1.82, 2.24) is 0 Å². The molecule has 0 fully saturated rings. The van der Waals surface area contributed by atoms with Gasteiger partial charge in [-0.2, -0.15) is 0 Å². The first kappa shape index (κ1) is 12.0. The van der Waals surface area contributed by atoms with Gasteiger partial charge < -0.3 is 0 Å². The van der Waals surface area contributed by atoms with Crippen LogP contribution in [-0.2, 0) is 0 Å². The maximum Gasteiger partial charge on any atom is 0.0361 e. The zero-order chi connectivity index (χ0) is 10.8. The molecule has 0 amide bonds. The summed E-state index contributed by atoms with van der Waals surface area (Å²) < 4.78 is 0. The van der Waals surface area contributed by atoms with Crippen molar-refractivity contribution in [2.45, 2.75) is 0 Å². The van der Waals surface area contributed by atoms with Gasteiger partial charge in [-0.1, -0.05) is 38.5 Å². The van der Waals surface area contributed by atoms with Gasteiger partial charge in [0.1, 0.15) is 0 Å². The summed E-state index contributed by atoms with van der Waals surface area (Å²) >= 11 is 0. The van der Waals surface area contributed by atoms with Crippen LogP contribution in [0.4, 0.5) is 0 Å². The molecule has 0 radical (unpaired) electrons. The quantitative estimate of drug-likeness (QED) is 0.450. The van der Waals surface area contributed by atoms with Crippen LogP contribution in [0.25, 0.3) is 0 Å². The Morgan fingerprint density at radius 3 is 1.43 bits per heavy atom. The normalized spacial score (nSPS) is 10.0. The molecule has 0 aromatic carbocycles. The van der Waals surface area contributed by atoms with E-state index in [0.717, 1.165) is 11.1 Å². The Labute approximate surface area is 85.1 Å². The van der Waals surface area contributed by atoms with Crippen molar-refractivity contribution in [3.8, 4) is 0 Å². The van der Waals surface area contributed by atoms with Gasteiger partial charge >= 0.3 is 0 Å². The summed E-state index contributed by atoms with van der Waals surface area (Å²) in [5.41, 5.74) is 1.68. The van der Waals surface area contributed by atoms with Crippen LogP contribution in [0.5, 0.6) is 0 Å². The first-order chi connectivity index (χ1) is 6.79. The highest BCUT2D eigenvalue weighted by molar-refractivity contribution is 6.06. The van der Waals surface area contributed by atoms with E-state index in [1.807, 2.05) is 0 Å². The summed E-state index contributed by atoms with van der Waals surface area (Å²) in [6.45, 7) is 14.3. The Balaban J connectivity index is 5.13. The molecule has 0 aliphatic rings. The van der Waals surface area contributed by atoms with Crippen LogP contribution in [0.15, 0.2) is 72.0 Å². The van der Waals surface area contributed by atoms with Gasteiger partial charge in [-0.3, -0.25) is 9.98 Å². The predicted octanol–water partition coefficient (Wildman–Crippen LogP) is 3.08. The zero-order valence-electron chi connectivity index (χ0n) is 8.19. The van der Waals surface area contributed by atoms with E-state index in [9.17, 15) is 0 Å². The summed E-state index contributed by atoms with van der Waals surface area (Å²) in [5.74, 6) is 0. The molecule has 0 aliphatic carbocycles. The fourth-order valence-electron chi connectivity index (χ4n) is 0.767. The maximum absolute atomic E-state index is 3.90. The number of aliphatic imine (C=N–C) groups is 2. The van der Waals surface area contributed by atoms with Gasteiger partial charge in [0.15, 0.2) is 0 Å². The van der Waals surface area contributed by atoms with Gasteiger partial charge in [-0.25, -0.2) is 0 Å². The van der Waals surface area contributed by atoms with E-state index in [0.29, 0.717) is 0 Å². The standard InChI is InChI=1S/C12H14N2/c1-5-11(6-2)12(9-13-7-3)10-14-8-4/h5-10H,1-4H2/b13-9-,14-10-. The highest BCUT2D eigenvalue weighted by Gasteiger charge is 1.93. The SMILES string of the molecule is C=C/N=C\C(/C=N\C=C)=C(C=C)C=C. The van der Waals surface area contributed by atoms with Crippen LogP contribution < -0.4 is 0 Å². The topological polar surface area (TPSA) is 24.7 Å². The van der Waals surface area contributed by atoms with Crippen LogP contribution in [0.1, 0.15) is 0 Å². The second kappa shape index (κ2) is 7.68. The summed E-state index contributed by atoms with van der Waals surface area (Å²) in [6.07, 6.45) is 9.55. The molecule has 0 aliphatic heterocycles. The molecule has 2 heteroatoms.